The molecule has 10 heteroatoms. The van der Waals surface area contributed by atoms with E-state index in [1.54, 1.807) is 0 Å². The normalized spacial score (nSPS) is 15.2. The van der Waals surface area contributed by atoms with E-state index in [0.29, 0.717) is 38.5 Å². The van der Waals surface area contributed by atoms with Gasteiger partial charge in [-0.1, -0.05) is 196 Å². The quantitative estimate of drug-likeness (QED) is 0.0458. The number of carboxylic acids is 1. The number of benzene rings is 6. The Morgan fingerprint density at radius 1 is 0.423 bits per heavy atom. The van der Waals surface area contributed by atoms with Crippen molar-refractivity contribution in [2.75, 3.05) is 0 Å². The number of carbonyl (C=O) groups is 6. The van der Waals surface area contributed by atoms with Gasteiger partial charge in [-0.2, -0.15) is 0 Å². The Morgan fingerprint density at radius 3 is 1.10 bits per heavy atom. The molecule has 0 saturated heterocycles. The number of esters is 3. The highest BCUT2D eigenvalue weighted by molar-refractivity contribution is 5.90. The molecule has 2 atom stereocenters. The van der Waals surface area contributed by atoms with Crippen LogP contribution in [0.2, 0.25) is 0 Å². The van der Waals surface area contributed by atoms with E-state index in [4.69, 9.17) is 14.2 Å². The van der Waals surface area contributed by atoms with Crippen molar-refractivity contribution in [1.29, 1.82) is 0 Å². The molecule has 0 aromatic heterocycles. The van der Waals surface area contributed by atoms with Crippen molar-refractivity contribution in [1.82, 2.24) is 0 Å². The maximum atomic E-state index is 13.9. The summed E-state index contributed by atoms with van der Waals surface area (Å²) in [7, 11) is 0. The minimum absolute atomic E-state index is 0.00573. The molecule has 10 nitrogen and oxygen atoms in total. The average molecular weight is 1050 g/mol. The molecule has 6 aromatic carbocycles. The molecular formula is C68H76O10. The zero-order valence-electron chi connectivity index (χ0n) is 45.7. The largest absolute Gasteiger partial charge is 0.481 e. The number of carbonyl (C=O) groups excluding carboxylic acids is 5. The number of ketones is 2. The van der Waals surface area contributed by atoms with Crippen molar-refractivity contribution in [2.45, 2.75) is 142 Å². The molecular weight excluding hydrogens is 977 g/mol. The third-order valence-electron chi connectivity index (χ3n) is 15.2. The van der Waals surface area contributed by atoms with Crippen molar-refractivity contribution < 1.29 is 48.1 Å². The van der Waals surface area contributed by atoms with Crippen molar-refractivity contribution in [2.24, 2.45) is 22.7 Å². The molecule has 1 N–H and O–H groups in total. The first kappa shape index (κ1) is 58.2. The number of hydrogen-bond acceptors (Lipinski definition) is 9. The monoisotopic (exact) mass is 1050 g/mol. The molecule has 2 aliphatic rings. The first-order valence-corrected chi connectivity index (χ1v) is 27.7. The van der Waals surface area contributed by atoms with Crippen LogP contribution >= 0.6 is 0 Å². The van der Waals surface area contributed by atoms with E-state index in [1.165, 1.54) is 0 Å². The lowest BCUT2D eigenvalue weighted by Gasteiger charge is -2.29. The Morgan fingerprint density at radius 2 is 0.756 bits per heavy atom. The minimum atomic E-state index is -0.915. The van der Waals surface area contributed by atoms with Gasteiger partial charge in [0.15, 0.2) is 0 Å². The van der Waals surface area contributed by atoms with Gasteiger partial charge in [-0.25, -0.2) is 0 Å². The van der Waals surface area contributed by atoms with Gasteiger partial charge in [0, 0.05) is 36.5 Å². The Hall–Kier alpha value is -7.46. The van der Waals surface area contributed by atoms with Gasteiger partial charge in [0.05, 0.1) is 12.8 Å². The van der Waals surface area contributed by atoms with Crippen LogP contribution in [0, 0.1) is 22.7 Å². The molecule has 2 aliphatic carbocycles. The lowest BCUT2D eigenvalue weighted by Crippen LogP contribution is -2.34. The van der Waals surface area contributed by atoms with Gasteiger partial charge in [0.2, 0.25) is 0 Å². The summed E-state index contributed by atoms with van der Waals surface area (Å²) in [6.45, 7) is 5.93. The maximum absolute atomic E-state index is 13.9. The number of Topliss-reactive ketones (excluding diaryl/α,β-unsaturated/α-hetero) is 2. The Balaban J connectivity index is 0.000000227. The molecule has 2 saturated carbocycles. The zero-order valence-corrected chi connectivity index (χ0v) is 45.7. The molecule has 0 spiro atoms. The summed E-state index contributed by atoms with van der Waals surface area (Å²) in [5.74, 6) is -2.44. The van der Waals surface area contributed by atoms with E-state index in [-0.39, 0.29) is 93.0 Å². The van der Waals surface area contributed by atoms with Crippen LogP contribution < -0.4 is 0 Å². The predicted molar refractivity (Wildman–Crippen MR) is 304 cm³/mol. The molecule has 6 aromatic rings. The molecule has 78 heavy (non-hydrogen) atoms. The Bertz CT molecular complexity index is 2860. The maximum Gasteiger partial charge on any atom is 0.307 e. The second kappa shape index (κ2) is 28.2. The Labute approximate surface area is 460 Å². The summed E-state index contributed by atoms with van der Waals surface area (Å²) < 4.78 is 16.7. The number of hydrogen-bond donors (Lipinski definition) is 1. The molecule has 0 amide bonds. The fourth-order valence-electron chi connectivity index (χ4n) is 11.2. The van der Waals surface area contributed by atoms with Gasteiger partial charge < -0.3 is 19.3 Å². The van der Waals surface area contributed by atoms with Crippen LogP contribution in [0.4, 0.5) is 0 Å². The van der Waals surface area contributed by atoms with Crippen molar-refractivity contribution >= 4 is 35.4 Å². The molecule has 0 heterocycles. The van der Waals surface area contributed by atoms with Crippen molar-refractivity contribution in [3.8, 4) is 22.3 Å². The van der Waals surface area contributed by atoms with E-state index < -0.39 is 22.4 Å². The average Bonchev–Trinajstić information content (AvgIpc) is 4.14. The second-order valence-corrected chi connectivity index (χ2v) is 22.5. The van der Waals surface area contributed by atoms with Gasteiger partial charge in [0.1, 0.15) is 30.4 Å². The van der Waals surface area contributed by atoms with E-state index >= 15 is 0 Å². The highest BCUT2D eigenvalue weighted by Crippen LogP contribution is 2.45. The van der Waals surface area contributed by atoms with Crippen molar-refractivity contribution in [3.05, 3.63) is 192 Å². The van der Waals surface area contributed by atoms with Crippen LogP contribution in [-0.4, -0.2) is 46.2 Å². The fraction of sp³-hybridized carbons (Fsp3) is 0.382. The summed E-state index contributed by atoms with van der Waals surface area (Å²) in [6, 6.07) is 55.7. The lowest BCUT2D eigenvalue weighted by molar-refractivity contribution is -0.157. The molecule has 0 bridgehead atoms. The highest BCUT2D eigenvalue weighted by atomic mass is 16.6. The van der Waals surface area contributed by atoms with E-state index in [2.05, 4.69) is 36.4 Å². The van der Waals surface area contributed by atoms with Crippen LogP contribution in [0.25, 0.3) is 22.3 Å². The minimum Gasteiger partial charge on any atom is -0.481 e. The first-order valence-electron chi connectivity index (χ1n) is 27.7. The summed E-state index contributed by atoms with van der Waals surface area (Å²) in [4.78, 5) is 77.6. The van der Waals surface area contributed by atoms with Gasteiger partial charge in [-0.3, -0.25) is 28.8 Å². The lowest BCUT2D eigenvalue weighted by atomic mass is 9.74. The summed E-state index contributed by atoms with van der Waals surface area (Å²) in [5, 5.41) is 9.54. The SMILES string of the molecule is CC(C)(C)OC(=O)CC(CC(=O)C1(CC(=O)OCc2ccccc2)CCCC1)Cc1ccc(-c2ccccc2)cc1.O=C(O)CC(CC(=O)C1(CC(=O)OCc2ccccc2)CCCC1)Cc1ccc(-c2ccccc2)cc1. The number of rotatable bonds is 24. The second-order valence-electron chi connectivity index (χ2n) is 22.5. The smallest absolute Gasteiger partial charge is 0.307 e. The summed E-state index contributed by atoms with van der Waals surface area (Å²) in [5.41, 5.74) is 6.29. The zero-order chi connectivity index (χ0) is 55.4. The number of aliphatic carboxylic acids is 1. The van der Waals surface area contributed by atoms with Crippen LogP contribution in [-0.2, 0) is 69.0 Å². The third-order valence-corrected chi connectivity index (χ3v) is 15.2. The van der Waals surface area contributed by atoms with Crippen LogP contribution in [0.15, 0.2) is 170 Å². The van der Waals surface area contributed by atoms with Crippen LogP contribution in [0.1, 0.15) is 133 Å². The fourth-order valence-corrected chi connectivity index (χ4v) is 11.2. The molecule has 0 radical (unpaired) electrons. The van der Waals surface area contributed by atoms with Crippen molar-refractivity contribution in [3.63, 3.8) is 0 Å². The number of carboxylic acid groups (broad SMARTS) is 1. The predicted octanol–water partition coefficient (Wildman–Crippen LogP) is 14.5. The molecule has 0 aliphatic heterocycles. The summed E-state index contributed by atoms with van der Waals surface area (Å²) >= 11 is 0. The van der Waals surface area contributed by atoms with Gasteiger partial charge in [-0.05, 0) is 116 Å². The van der Waals surface area contributed by atoms with E-state index in [1.807, 2.05) is 154 Å². The van der Waals surface area contributed by atoms with Crippen LogP contribution in [0.5, 0.6) is 0 Å². The summed E-state index contributed by atoms with van der Waals surface area (Å²) in [6.07, 6.45) is 7.94. The van der Waals surface area contributed by atoms with Gasteiger partial charge >= 0.3 is 23.9 Å². The Kier molecular flexibility index (Phi) is 21.1. The van der Waals surface area contributed by atoms with Gasteiger partial charge in [0.25, 0.3) is 0 Å². The number of ether oxygens (including phenoxy) is 3. The van der Waals surface area contributed by atoms with Crippen LogP contribution in [0.3, 0.4) is 0 Å². The molecule has 8 rings (SSSR count). The first-order chi connectivity index (χ1) is 37.5. The topological polar surface area (TPSA) is 150 Å². The molecule has 2 fully saturated rings. The van der Waals surface area contributed by atoms with E-state index in [9.17, 15) is 33.9 Å². The van der Waals surface area contributed by atoms with E-state index in [0.717, 1.165) is 70.2 Å². The molecule has 2 unspecified atom stereocenters. The standard InChI is InChI=1S/C36H42O5.C32H34O5/c1-35(2,3)41-33(38)24-29(22-27-16-18-31(19-17-27)30-14-8-5-9-15-30)23-32(37)36(20-10-11-21-36)25-34(39)40-26-28-12-6-4-7-13-28;33-29(32(17-7-8-18-32)22-31(36)37-23-25-9-3-1-4-10-25)20-26(21-30(34)35)19-24-13-15-28(16-14-24)27-11-5-2-6-12-27/h4-9,12-19,29H,10-11,20-26H2,1-3H3;1-6,9-16,26H,7-8,17-23H2,(H,34,35). The molecule has 408 valence electrons. The third kappa shape index (κ3) is 18.1. The van der Waals surface area contributed by atoms with Gasteiger partial charge in [-0.15, -0.1) is 0 Å². The highest BCUT2D eigenvalue weighted by Gasteiger charge is 2.45.